The molecule has 1 atom stereocenters. The van der Waals surface area contributed by atoms with Crippen molar-refractivity contribution in [2.24, 2.45) is 0 Å². The first-order chi connectivity index (χ1) is 7.22. The summed E-state index contributed by atoms with van der Waals surface area (Å²) in [5.74, 6) is -0.252. The number of ether oxygens (including phenoxy) is 1. The Balaban J connectivity index is 2.38. The highest BCUT2D eigenvalue weighted by Gasteiger charge is 2.26. The van der Waals surface area contributed by atoms with E-state index in [1.165, 1.54) is 7.11 Å². The van der Waals surface area contributed by atoms with E-state index in [9.17, 15) is 4.79 Å². The lowest BCUT2D eigenvalue weighted by Crippen LogP contribution is -2.35. The molecule has 0 aromatic heterocycles. The Morgan fingerprint density at radius 3 is 3.13 bits per heavy atom. The Kier molecular flexibility index (Phi) is 2.93. The highest BCUT2D eigenvalue weighted by Crippen LogP contribution is 2.26. The van der Waals surface area contributed by atoms with Crippen molar-refractivity contribution in [2.45, 2.75) is 12.5 Å². The van der Waals surface area contributed by atoms with Crippen molar-refractivity contribution in [1.82, 2.24) is 5.32 Å². The van der Waals surface area contributed by atoms with Gasteiger partial charge in [0, 0.05) is 11.6 Å². The second kappa shape index (κ2) is 4.21. The molecule has 0 bridgehead atoms. The van der Waals surface area contributed by atoms with E-state index in [2.05, 4.69) is 5.32 Å². The summed E-state index contributed by atoms with van der Waals surface area (Å²) in [6, 6.07) is 5.23. The highest BCUT2D eigenvalue weighted by atomic mass is 35.5. The first-order valence-corrected chi connectivity index (χ1v) is 5.19. The second-order valence-corrected chi connectivity index (χ2v) is 3.94. The summed E-state index contributed by atoms with van der Waals surface area (Å²) in [5, 5.41) is 3.84. The zero-order valence-corrected chi connectivity index (χ0v) is 9.17. The summed E-state index contributed by atoms with van der Waals surface area (Å²) in [6.45, 7) is 0.771. The normalized spacial score (nSPS) is 19.5. The lowest BCUT2D eigenvalue weighted by atomic mass is 9.94. The summed E-state index contributed by atoms with van der Waals surface area (Å²) in [4.78, 5) is 11.5. The molecule has 15 heavy (non-hydrogen) atoms. The quantitative estimate of drug-likeness (QED) is 0.740. The first-order valence-electron chi connectivity index (χ1n) is 4.82. The van der Waals surface area contributed by atoms with Crippen LogP contribution in [-0.4, -0.2) is 19.6 Å². The van der Waals surface area contributed by atoms with Crippen molar-refractivity contribution >= 4 is 17.6 Å². The van der Waals surface area contributed by atoms with Crippen molar-refractivity contribution in [1.29, 1.82) is 0 Å². The fourth-order valence-electron chi connectivity index (χ4n) is 1.86. The van der Waals surface area contributed by atoms with Gasteiger partial charge in [0.05, 0.1) is 7.11 Å². The molecule has 0 aliphatic carbocycles. The number of halogens is 1. The van der Waals surface area contributed by atoms with Gasteiger partial charge in [-0.15, -0.1) is 0 Å². The standard InChI is InChI=1S/C11H12ClNO2/c1-15-11(14)10-9-3-2-8(12)6-7(9)4-5-13-10/h2-3,6,10,13H,4-5H2,1H3. The molecule has 0 radical (unpaired) electrons. The Labute approximate surface area is 93.4 Å². The van der Waals surface area contributed by atoms with E-state index in [1.54, 1.807) is 6.07 Å². The van der Waals surface area contributed by atoms with Crippen molar-refractivity contribution in [3.8, 4) is 0 Å². The van der Waals surface area contributed by atoms with E-state index in [4.69, 9.17) is 16.3 Å². The summed E-state index contributed by atoms with van der Waals surface area (Å²) in [5.41, 5.74) is 2.09. The Morgan fingerprint density at radius 2 is 2.40 bits per heavy atom. The fourth-order valence-corrected chi connectivity index (χ4v) is 2.06. The zero-order valence-electron chi connectivity index (χ0n) is 8.42. The molecule has 1 unspecified atom stereocenters. The minimum atomic E-state index is -0.351. The summed E-state index contributed by atoms with van der Waals surface area (Å²) in [7, 11) is 1.40. The molecule has 2 rings (SSSR count). The molecular weight excluding hydrogens is 214 g/mol. The number of carbonyl (C=O) groups is 1. The van der Waals surface area contributed by atoms with Gasteiger partial charge in [0.15, 0.2) is 0 Å². The molecule has 0 spiro atoms. The smallest absolute Gasteiger partial charge is 0.327 e. The molecule has 3 nitrogen and oxygen atoms in total. The van der Waals surface area contributed by atoms with Crippen LogP contribution < -0.4 is 5.32 Å². The minimum Gasteiger partial charge on any atom is -0.468 e. The number of hydrogen-bond acceptors (Lipinski definition) is 3. The van der Waals surface area contributed by atoms with Gasteiger partial charge in [0.25, 0.3) is 0 Å². The lowest BCUT2D eigenvalue weighted by molar-refractivity contribution is -0.143. The lowest BCUT2D eigenvalue weighted by Gasteiger charge is -2.24. The number of methoxy groups -OCH3 is 1. The predicted molar refractivity (Wildman–Crippen MR) is 57.9 cm³/mol. The predicted octanol–water partition coefficient (Wildman–Crippen LogP) is 1.70. The van der Waals surface area contributed by atoms with Gasteiger partial charge in [-0.2, -0.15) is 0 Å². The van der Waals surface area contributed by atoms with Gasteiger partial charge < -0.3 is 10.1 Å². The molecule has 1 N–H and O–H groups in total. The van der Waals surface area contributed by atoms with Gasteiger partial charge in [-0.3, -0.25) is 0 Å². The summed E-state index contributed by atoms with van der Waals surface area (Å²) >= 11 is 5.90. The molecule has 1 aromatic carbocycles. The first kappa shape index (κ1) is 10.5. The van der Waals surface area contributed by atoms with E-state index in [0.29, 0.717) is 5.02 Å². The third kappa shape index (κ3) is 1.98. The third-order valence-corrected chi connectivity index (χ3v) is 2.83. The number of benzene rings is 1. The molecule has 0 saturated heterocycles. The molecule has 0 fully saturated rings. The maximum absolute atomic E-state index is 11.5. The summed E-state index contributed by atoms with van der Waals surface area (Å²) < 4.78 is 4.74. The van der Waals surface area contributed by atoms with Crippen LogP contribution in [0.4, 0.5) is 0 Å². The van der Waals surface area contributed by atoms with Crippen LogP contribution >= 0.6 is 11.6 Å². The zero-order chi connectivity index (χ0) is 10.8. The van der Waals surface area contributed by atoms with Crippen molar-refractivity contribution in [2.75, 3.05) is 13.7 Å². The molecule has 1 heterocycles. The average Bonchev–Trinajstić information content (AvgIpc) is 2.26. The fraction of sp³-hybridized carbons (Fsp3) is 0.364. The molecule has 0 saturated carbocycles. The van der Waals surface area contributed by atoms with E-state index < -0.39 is 0 Å². The van der Waals surface area contributed by atoms with Crippen LogP contribution in [0.15, 0.2) is 18.2 Å². The molecule has 80 valence electrons. The van der Waals surface area contributed by atoms with Crippen molar-refractivity contribution in [3.05, 3.63) is 34.3 Å². The maximum Gasteiger partial charge on any atom is 0.327 e. The van der Waals surface area contributed by atoms with Crippen molar-refractivity contribution in [3.63, 3.8) is 0 Å². The Morgan fingerprint density at radius 1 is 1.60 bits per heavy atom. The highest BCUT2D eigenvalue weighted by molar-refractivity contribution is 6.30. The van der Waals surface area contributed by atoms with E-state index in [1.807, 2.05) is 12.1 Å². The van der Waals surface area contributed by atoms with Crippen LogP contribution in [0, 0.1) is 0 Å². The molecule has 0 amide bonds. The van der Waals surface area contributed by atoms with Crippen LogP contribution in [0.3, 0.4) is 0 Å². The molecule has 1 aliphatic heterocycles. The van der Waals surface area contributed by atoms with Gasteiger partial charge in [-0.25, -0.2) is 4.79 Å². The van der Waals surface area contributed by atoms with Gasteiger partial charge >= 0.3 is 5.97 Å². The topological polar surface area (TPSA) is 38.3 Å². The Hall–Kier alpha value is -1.06. The number of nitrogens with one attached hydrogen (secondary N) is 1. The SMILES string of the molecule is COC(=O)C1NCCc2cc(Cl)ccc21. The van der Waals surface area contributed by atoms with Crippen LogP contribution in [-0.2, 0) is 16.0 Å². The van der Waals surface area contributed by atoms with E-state index in [0.717, 1.165) is 24.1 Å². The molecule has 4 heteroatoms. The van der Waals surface area contributed by atoms with Crippen LogP contribution in [0.2, 0.25) is 5.02 Å². The van der Waals surface area contributed by atoms with Crippen LogP contribution in [0.1, 0.15) is 17.2 Å². The van der Waals surface area contributed by atoms with Gasteiger partial charge in [0.1, 0.15) is 6.04 Å². The number of carbonyl (C=O) groups excluding carboxylic acids is 1. The number of esters is 1. The Bertz CT molecular complexity index is 392. The monoisotopic (exact) mass is 225 g/mol. The van der Waals surface area contributed by atoms with E-state index in [-0.39, 0.29) is 12.0 Å². The summed E-state index contributed by atoms with van der Waals surface area (Å²) in [6.07, 6.45) is 0.892. The number of fused-ring (bicyclic) bond motifs is 1. The maximum atomic E-state index is 11.5. The second-order valence-electron chi connectivity index (χ2n) is 3.50. The number of hydrogen-bond donors (Lipinski definition) is 1. The third-order valence-electron chi connectivity index (χ3n) is 2.60. The molecular formula is C11H12ClNO2. The number of rotatable bonds is 1. The minimum absolute atomic E-state index is 0.252. The van der Waals surface area contributed by atoms with Crippen LogP contribution in [0.5, 0.6) is 0 Å². The van der Waals surface area contributed by atoms with Crippen molar-refractivity contribution < 1.29 is 9.53 Å². The molecule has 1 aromatic rings. The van der Waals surface area contributed by atoms with Crippen LogP contribution in [0.25, 0.3) is 0 Å². The average molecular weight is 226 g/mol. The van der Waals surface area contributed by atoms with Gasteiger partial charge in [-0.1, -0.05) is 17.7 Å². The largest absolute Gasteiger partial charge is 0.468 e. The van der Waals surface area contributed by atoms with Gasteiger partial charge in [0.2, 0.25) is 0 Å². The molecule has 1 aliphatic rings. The van der Waals surface area contributed by atoms with Gasteiger partial charge in [-0.05, 0) is 29.7 Å². The van der Waals surface area contributed by atoms with E-state index >= 15 is 0 Å².